The predicted molar refractivity (Wildman–Crippen MR) is 76.6 cm³/mol. The van der Waals surface area contributed by atoms with E-state index < -0.39 is 5.97 Å². The van der Waals surface area contributed by atoms with Crippen LogP contribution in [0.3, 0.4) is 0 Å². The summed E-state index contributed by atoms with van der Waals surface area (Å²) in [5.41, 5.74) is 1.55. The first-order chi connectivity index (χ1) is 8.58. The molecule has 18 heavy (non-hydrogen) atoms. The minimum atomic E-state index is -0.781. The van der Waals surface area contributed by atoms with Crippen LogP contribution in [0, 0.1) is 0 Å². The van der Waals surface area contributed by atoms with Crippen molar-refractivity contribution in [1.82, 2.24) is 4.90 Å². The molecule has 0 aromatic carbocycles. The van der Waals surface area contributed by atoms with E-state index in [9.17, 15) is 9.90 Å². The van der Waals surface area contributed by atoms with Gasteiger partial charge in [-0.25, -0.2) is 4.79 Å². The minimum Gasteiger partial charge on any atom is -0.478 e. The summed E-state index contributed by atoms with van der Waals surface area (Å²) < 4.78 is 0. The number of rotatable bonds is 10. The fraction of sp³-hybridized carbons (Fsp3) is 0.800. The number of hydrogen-bond acceptors (Lipinski definition) is 2. The number of hydrogen-bond donors (Lipinski definition) is 1. The third-order valence-corrected chi connectivity index (χ3v) is 3.19. The third kappa shape index (κ3) is 6.08. The Morgan fingerprint density at radius 1 is 1.00 bits per heavy atom. The molecular weight excluding hydrogens is 226 g/mol. The SMILES string of the molecule is CCCCN(CCCC)/C(CCC)=C(\C)C(=O)O. The molecule has 0 rings (SSSR count). The maximum Gasteiger partial charge on any atom is 0.333 e. The Kier molecular flexibility index (Phi) is 9.43. The Morgan fingerprint density at radius 2 is 1.50 bits per heavy atom. The van der Waals surface area contributed by atoms with Crippen molar-refractivity contribution >= 4 is 5.97 Å². The molecule has 0 unspecified atom stereocenters. The molecule has 0 heterocycles. The molecule has 3 heteroatoms. The Hall–Kier alpha value is -0.990. The molecule has 0 atom stereocenters. The van der Waals surface area contributed by atoms with Crippen LogP contribution in [-0.2, 0) is 4.79 Å². The van der Waals surface area contributed by atoms with Crippen molar-refractivity contribution in [1.29, 1.82) is 0 Å². The maximum atomic E-state index is 11.2. The lowest BCUT2D eigenvalue weighted by atomic mass is 10.1. The lowest BCUT2D eigenvalue weighted by Gasteiger charge is -2.28. The second-order valence-corrected chi connectivity index (χ2v) is 4.82. The van der Waals surface area contributed by atoms with E-state index in [-0.39, 0.29) is 0 Å². The molecule has 0 aromatic rings. The van der Waals surface area contributed by atoms with E-state index in [1.807, 2.05) is 0 Å². The van der Waals surface area contributed by atoms with Crippen LogP contribution in [-0.4, -0.2) is 29.1 Å². The quantitative estimate of drug-likeness (QED) is 0.599. The topological polar surface area (TPSA) is 40.5 Å². The highest BCUT2D eigenvalue weighted by atomic mass is 16.4. The van der Waals surface area contributed by atoms with Crippen LogP contribution in [0.15, 0.2) is 11.3 Å². The zero-order valence-corrected chi connectivity index (χ0v) is 12.5. The number of aliphatic carboxylic acids is 1. The Bertz CT molecular complexity index is 264. The maximum absolute atomic E-state index is 11.2. The minimum absolute atomic E-state index is 0.518. The first-order valence-corrected chi connectivity index (χ1v) is 7.26. The second kappa shape index (κ2) is 9.98. The summed E-state index contributed by atoms with van der Waals surface area (Å²) in [6.07, 6.45) is 6.41. The summed E-state index contributed by atoms with van der Waals surface area (Å²) in [5.74, 6) is -0.781. The lowest BCUT2D eigenvalue weighted by molar-refractivity contribution is -0.132. The van der Waals surface area contributed by atoms with Gasteiger partial charge in [0.25, 0.3) is 0 Å². The van der Waals surface area contributed by atoms with Crippen LogP contribution < -0.4 is 0 Å². The van der Waals surface area contributed by atoms with Crippen LogP contribution in [0.25, 0.3) is 0 Å². The van der Waals surface area contributed by atoms with Gasteiger partial charge in [-0.1, -0.05) is 40.0 Å². The van der Waals surface area contributed by atoms with Gasteiger partial charge in [0, 0.05) is 18.8 Å². The molecule has 0 aliphatic carbocycles. The van der Waals surface area contributed by atoms with E-state index >= 15 is 0 Å². The summed E-state index contributed by atoms with van der Waals surface area (Å²) in [4.78, 5) is 13.5. The van der Waals surface area contributed by atoms with Crippen molar-refractivity contribution in [2.45, 2.75) is 66.2 Å². The second-order valence-electron chi connectivity index (χ2n) is 4.82. The van der Waals surface area contributed by atoms with Crippen molar-refractivity contribution in [2.24, 2.45) is 0 Å². The van der Waals surface area contributed by atoms with Gasteiger partial charge in [0.05, 0.1) is 5.57 Å². The Labute approximate surface area is 112 Å². The van der Waals surface area contributed by atoms with Gasteiger partial charge in [-0.2, -0.15) is 0 Å². The highest BCUT2D eigenvalue weighted by Gasteiger charge is 2.15. The number of carboxylic acid groups (broad SMARTS) is 1. The monoisotopic (exact) mass is 255 g/mol. The molecule has 1 N–H and O–H groups in total. The van der Waals surface area contributed by atoms with Gasteiger partial charge in [-0.15, -0.1) is 0 Å². The van der Waals surface area contributed by atoms with Crippen LogP contribution >= 0.6 is 0 Å². The fourth-order valence-electron chi connectivity index (χ4n) is 2.02. The van der Waals surface area contributed by atoms with Crippen molar-refractivity contribution in [3.8, 4) is 0 Å². The Balaban J connectivity index is 4.94. The zero-order valence-electron chi connectivity index (χ0n) is 12.5. The molecule has 0 aromatic heterocycles. The summed E-state index contributed by atoms with van der Waals surface area (Å²) in [5, 5.41) is 9.19. The molecule has 0 radical (unpaired) electrons. The zero-order chi connectivity index (χ0) is 14.0. The molecular formula is C15H29NO2. The van der Waals surface area contributed by atoms with Crippen LogP contribution in [0.5, 0.6) is 0 Å². The molecule has 0 spiro atoms. The summed E-state index contributed by atoms with van der Waals surface area (Å²) in [6, 6.07) is 0. The van der Waals surface area contributed by atoms with Crippen molar-refractivity contribution in [2.75, 3.05) is 13.1 Å². The van der Waals surface area contributed by atoms with E-state index in [0.29, 0.717) is 5.57 Å². The summed E-state index contributed by atoms with van der Waals surface area (Å²) >= 11 is 0. The molecule has 0 fully saturated rings. The number of carboxylic acids is 1. The van der Waals surface area contributed by atoms with Gasteiger partial charge < -0.3 is 10.0 Å². The summed E-state index contributed by atoms with van der Waals surface area (Å²) in [7, 11) is 0. The molecule has 0 saturated carbocycles. The summed E-state index contributed by atoms with van der Waals surface area (Å²) in [6.45, 7) is 10.1. The van der Waals surface area contributed by atoms with E-state index in [1.54, 1.807) is 6.92 Å². The van der Waals surface area contributed by atoms with E-state index in [1.165, 1.54) is 0 Å². The third-order valence-electron chi connectivity index (χ3n) is 3.19. The van der Waals surface area contributed by atoms with Crippen LogP contribution in [0.4, 0.5) is 0 Å². The first-order valence-electron chi connectivity index (χ1n) is 7.26. The Morgan fingerprint density at radius 3 is 1.83 bits per heavy atom. The lowest BCUT2D eigenvalue weighted by Crippen LogP contribution is -2.27. The van der Waals surface area contributed by atoms with Gasteiger partial charge in [0.1, 0.15) is 0 Å². The highest BCUT2D eigenvalue weighted by Crippen LogP contribution is 2.18. The molecule has 106 valence electrons. The molecule has 0 saturated heterocycles. The molecule has 0 amide bonds. The van der Waals surface area contributed by atoms with Gasteiger partial charge in [-0.05, 0) is 26.2 Å². The van der Waals surface area contributed by atoms with E-state index in [4.69, 9.17) is 0 Å². The smallest absolute Gasteiger partial charge is 0.333 e. The van der Waals surface area contributed by atoms with Crippen LogP contribution in [0.2, 0.25) is 0 Å². The van der Waals surface area contributed by atoms with Gasteiger partial charge in [0.15, 0.2) is 0 Å². The van der Waals surface area contributed by atoms with Crippen molar-refractivity contribution < 1.29 is 9.90 Å². The first kappa shape index (κ1) is 17.0. The normalized spacial score (nSPS) is 12.2. The number of nitrogens with zero attached hydrogens (tertiary/aromatic N) is 1. The molecule has 0 aliphatic rings. The number of carbonyl (C=O) groups is 1. The van der Waals surface area contributed by atoms with Gasteiger partial charge >= 0.3 is 5.97 Å². The highest BCUT2D eigenvalue weighted by molar-refractivity contribution is 5.86. The van der Waals surface area contributed by atoms with Crippen molar-refractivity contribution in [3.63, 3.8) is 0 Å². The molecule has 0 bridgehead atoms. The average Bonchev–Trinajstić information content (AvgIpc) is 2.36. The van der Waals surface area contributed by atoms with E-state index in [2.05, 4.69) is 25.7 Å². The average molecular weight is 255 g/mol. The van der Waals surface area contributed by atoms with Crippen LogP contribution in [0.1, 0.15) is 66.2 Å². The standard InChI is InChI=1S/C15H29NO2/c1-5-8-11-16(12-9-6-2)14(10-7-3)13(4)15(17)18/h5-12H2,1-4H3,(H,17,18)/b14-13+. The largest absolute Gasteiger partial charge is 0.478 e. The molecule has 3 nitrogen and oxygen atoms in total. The van der Waals surface area contributed by atoms with Gasteiger partial charge in [0.2, 0.25) is 0 Å². The number of allylic oxidation sites excluding steroid dienone is 1. The molecule has 0 aliphatic heterocycles. The van der Waals surface area contributed by atoms with E-state index in [0.717, 1.165) is 57.3 Å². The number of unbranched alkanes of at least 4 members (excludes halogenated alkanes) is 2. The fourth-order valence-corrected chi connectivity index (χ4v) is 2.02. The predicted octanol–water partition coefficient (Wildman–Crippen LogP) is 4.05. The van der Waals surface area contributed by atoms with Crippen molar-refractivity contribution in [3.05, 3.63) is 11.3 Å². The van der Waals surface area contributed by atoms with Gasteiger partial charge in [-0.3, -0.25) is 0 Å².